The molecule has 2 N–H and O–H groups in total. The summed E-state index contributed by atoms with van der Waals surface area (Å²) in [6, 6.07) is 0. The van der Waals surface area contributed by atoms with Crippen molar-refractivity contribution in [3.05, 3.63) is 17.0 Å². The maximum Gasteiger partial charge on any atom is 0.0644 e. The molecule has 0 spiro atoms. The first-order valence-corrected chi connectivity index (χ1v) is 6.93. The van der Waals surface area contributed by atoms with Crippen LogP contribution in [-0.2, 0) is 13.1 Å². The van der Waals surface area contributed by atoms with Crippen LogP contribution in [0.15, 0.2) is 0 Å². The van der Waals surface area contributed by atoms with E-state index in [0.717, 1.165) is 30.2 Å². The molecule has 1 aromatic rings. The lowest BCUT2D eigenvalue weighted by Crippen LogP contribution is -2.17. The van der Waals surface area contributed by atoms with Crippen molar-refractivity contribution >= 4 is 24.2 Å². The summed E-state index contributed by atoms with van der Waals surface area (Å²) in [4.78, 5) is 0. The molecule has 0 fully saturated rings. The summed E-state index contributed by atoms with van der Waals surface area (Å²) in [7, 11) is 0. The number of nitrogens with one attached hydrogen (secondary N) is 1. The molecule has 0 aromatic carbocycles. The number of thioether (sulfide) groups is 1. The monoisotopic (exact) mass is 279 g/mol. The number of aromatic nitrogens is 2. The topological polar surface area (TPSA) is 50.1 Å². The molecule has 0 aliphatic heterocycles. The number of hydrogen-bond donors (Lipinski definition) is 2. The third-order valence-corrected chi connectivity index (χ3v) is 3.24. The highest BCUT2D eigenvalue weighted by atomic mass is 35.5. The molecule has 0 atom stereocenters. The molecule has 0 aliphatic rings. The molecule has 1 heterocycles. The molecule has 1 aromatic heterocycles. The lowest BCUT2D eigenvalue weighted by Gasteiger charge is -2.05. The summed E-state index contributed by atoms with van der Waals surface area (Å²) in [6.45, 7) is 6.68. The zero-order valence-corrected chi connectivity index (χ0v) is 12.3. The number of aryl methyl sites for hydroxylation is 1. The predicted octanol–water partition coefficient (Wildman–Crippen LogP) is 1.37. The number of halogens is 1. The van der Waals surface area contributed by atoms with Gasteiger partial charge in [-0.15, -0.1) is 12.4 Å². The molecule has 0 aliphatic carbocycles. The van der Waals surface area contributed by atoms with Gasteiger partial charge in [-0.25, -0.2) is 0 Å². The van der Waals surface area contributed by atoms with Crippen LogP contribution in [0.5, 0.6) is 0 Å². The number of aliphatic hydroxyl groups is 1. The van der Waals surface area contributed by atoms with Crippen LogP contribution in [0, 0.1) is 13.8 Å². The minimum atomic E-state index is 0. The fourth-order valence-corrected chi connectivity index (χ4v) is 2.04. The van der Waals surface area contributed by atoms with Crippen molar-refractivity contribution in [3.63, 3.8) is 0 Å². The van der Waals surface area contributed by atoms with E-state index in [2.05, 4.69) is 23.6 Å². The third kappa shape index (κ3) is 4.87. The van der Waals surface area contributed by atoms with Crippen LogP contribution >= 0.6 is 24.2 Å². The average Bonchev–Trinajstić information content (AvgIpc) is 2.52. The van der Waals surface area contributed by atoms with Crippen LogP contribution in [0.1, 0.15) is 17.0 Å². The average molecular weight is 280 g/mol. The Labute approximate surface area is 114 Å². The molecule has 0 amide bonds. The van der Waals surface area contributed by atoms with Crippen LogP contribution in [0.4, 0.5) is 0 Å². The van der Waals surface area contributed by atoms with Gasteiger partial charge in [-0.1, -0.05) is 0 Å². The van der Waals surface area contributed by atoms with Crippen LogP contribution < -0.4 is 5.32 Å². The summed E-state index contributed by atoms with van der Waals surface area (Å²) in [5, 5.41) is 16.7. The van der Waals surface area contributed by atoms with E-state index in [0.29, 0.717) is 6.54 Å². The van der Waals surface area contributed by atoms with Gasteiger partial charge >= 0.3 is 0 Å². The molecule has 0 saturated heterocycles. The zero-order valence-electron chi connectivity index (χ0n) is 10.7. The standard InChI is InChI=1S/C11H21N3OS.ClH/c1-9-11(8-12-4-7-16-3)10(2)14(13-9)5-6-15;/h12,15H,4-8H2,1-3H3;1H. The van der Waals surface area contributed by atoms with Gasteiger partial charge in [0.05, 0.1) is 18.8 Å². The van der Waals surface area contributed by atoms with Crippen molar-refractivity contribution < 1.29 is 5.11 Å². The van der Waals surface area contributed by atoms with Crippen LogP contribution in [0.3, 0.4) is 0 Å². The fraction of sp³-hybridized carbons (Fsp3) is 0.727. The van der Waals surface area contributed by atoms with Gasteiger partial charge in [0.2, 0.25) is 0 Å². The van der Waals surface area contributed by atoms with Gasteiger partial charge in [0.15, 0.2) is 0 Å². The largest absolute Gasteiger partial charge is 0.394 e. The quantitative estimate of drug-likeness (QED) is 0.740. The maximum absolute atomic E-state index is 8.91. The molecule has 0 bridgehead atoms. The Morgan fingerprint density at radius 2 is 2.12 bits per heavy atom. The molecule has 4 nitrogen and oxygen atoms in total. The second-order valence-electron chi connectivity index (χ2n) is 3.77. The number of hydrogen-bond acceptors (Lipinski definition) is 4. The smallest absolute Gasteiger partial charge is 0.0644 e. The van der Waals surface area contributed by atoms with Crippen molar-refractivity contribution in [2.45, 2.75) is 26.9 Å². The maximum atomic E-state index is 8.91. The second-order valence-corrected chi connectivity index (χ2v) is 4.75. The van der Waals surface area contributed by atoms with Crippen LogP contribution in [-0.4, -0.2) is 40.0 Å². The number of rotatable bonds is 7. The summed E-state index contributed by atoms with van der Waals surface area (Å²) < 4.78 is 1.88. The molecule has 1 rings (SSSR count). The summed E-state index contributed by atoms with van der Waals surface area (Å²) in [6.07, 6.45) is 2.11. The fourth-order valence-electron chi connectivity index (χ4n) is 1.69. The van der Waals surface area contributed by atoms with Gasteiger partial charge in [0, 0.05) is 30.1 Å². The molecule has 0 unspecified atom stereocenters. The molecular formula is C11H22ClN3OS. The van der Waals surface area contributed by atoms with Gasteiger partial charge in [0.25, 0.3) is 0 Å². The van der Waals surface area contributed by atoms with E-state index in [4.69, 9.17) is 5.11 Å². The van der Waals surface area contributed by atoms with Crippen molar-refractivity contribution in [2.75, 3.05) is 25.2 Å². The second kappa shape index (κ2) is 8.80. The first kappa shape index (κ1) is 16.8. The minimum absolute atomic E-state index is 0. The number of nitrogens with zero attached hydrogens (tertiary/aromatic N) is 2. The Morgan fingerprint density at radius 3 is 2.71 bits per heavy atom. The van der Waals surface area contributed by atoms with Crippen LogP contribution in [0.2, 0.25) is 0 Å². The summed E-state index contributed by atoms with van der Waals surface area (Å²) >= 11 is 1.84. The van der Waals surface area contributed by atoms with E-state index in [1.807, 2.05) is 23.4 Å². The third-order valence-electron chi connectivity index (χ3n) is 2.63. The molecular weight excluding hydrogens is 258 g/mol. The van der Waals surface area contributed by atoms with Crippen molar-refractivity contribution in [3.8, 4) is 0 Å². The lowest BCUT2D eigenvalue weighted by molar-refractivity contribution is 0.267. The predicted molar refractivity (Wildman–Crippen MR) is 76.1 cm³/mol. The van der Waals surface area contributed by atoms with Crippen molar-refractivity contribution in [2.24, 2.45) is 0 Å². The summed E-state index contributed by atoms with van der Waals surface area (Å²) in [5.41, 5.74) is 3.47. The first-order valence-electron chi connectivity index (χ1n) is 5.54. The Balaban J connectivity index is 0.00000256. The van der Waals surface area contributed by atoms with E-state index < -0.39 is 0 Å². The lowest BCUT2D eigenvalue weighted by atomic mass is 10.2. The van der Waals surface area contributed by atoms with Gasteiger partial charge < -0.3 is 10.4 Å². The normalized spacial score (nSPS) is 10.4. The molecule has 6 heteroatoms. The van der Waals surface area contributed by atoms with E-state index in [-0.39, 0.29) is 19.0 Å². The minimum Gasteiger partial charge on any atom is -0.394 e. The van der Waals surface area contributed by atoms with E-state index in [1.54, 1.807) is 0 Å². The van der Waals surface area contributed by atoms with Gasteiger partial charge in [-0.05, 0) is 20.1 Å². The van der Waals surface area contributed by atoms with Gasteiger partial charge in [0.1, 0.15) is 0 Å². The van der Waals surface area contributed by atoms with Crippen molar-refractivity contribution in [1.82, 2.24) is 15.1 Å². The number of aliphatic hydroxyl groups excluding tert-OH is 1. The van der Waals surface area contributed by atoms with Gasteiger partial charge in [-0.3, -0.25) is 4.68 Å². The Bertz CT molecular complexity index is 331. The molecule has 100 valence electrons. The highest BCUT2D eigenvalue weighted by molar-refractivity contribution is 7.98. The Hall–Kier alpha value is -0.230. The van der Waals surface area contributed by atoms with Gasteiger partial charge in [-0.2, -0.15) is 16.9 Å². The van der Waals surface area contributed by atoms with E-state index in [1.165, 1.54) is 5.56 Å². The highest BCUT2D eigenvalue weighted by Crippen LogP contribution is 2.12. The Morgan fingerprint density at radius 1 is 1.41 bits per heavy atom. The van der Waals surface area contributed by atoms with Crippen molar-refractivity contribution in [1.29, 1.82) is 0 Å². The van der Waals surface area contributed by atoms with E-state index in [9.17, 15) is 0 Å². The molecule has 0 radical (unpaired) electrons. The summed E-state index contributed by atoms with van der Waals surface area (Å²) in [5.74, 6) is 1.13. The SMILES string of the molecule is CSCCNCc1c(C)nn(CCO)c1C.Cl. The molecule has 17 heavy (non-hydrogen) atoms. The Kier molecular flexibility index (Phi) is 8.68. The van der Waals surface area contributed by atoms with Crippen LogP contribution in [0.25, 0.3) is 0 Å². The molecule has 0 saturated carbocycles. The zero-order chi connectivity index (χ0) is 12.0. The first-order chi connectivity index (χ1) is 7.70. The van der Waals surface area contributed by atoms with E-state index >= 15 is 0 Å². The highest BCUT2D eigenvalue weighted by Gasteiger charge is 2.10.